The van der Waals surface area contributed by atoms with Crippen molar-refractivity contribution in [1.29, 1.82) is 0 Å². The van der Waals surface area contributed by atoms with Gasteiger partial charge in [0.05, 0.1) is 5.56 Å². The lowest BCUT2D eigenvalue weighted by atomic mass is 10.0. The molecule has 7 heteroatoms. The first-order chi connectivity index (χ1) is 15.6. The van der Waals surface area contributed by atoms with Gasteiger partial charge in [-0.05, 0) is 79.8 Å². The summed E-state index contributed by atoms with van der Waals surface area (Å²) >= 11 is 6.28. The Morgan fingerprint density at radius 1 is 0.970 bits per heavy atom. The van der Waals surface area contributed by atoms with E-state index < -0.39 is 23.7 Å². The maximum Gasteiger partial charge on any atom is 0.325 e. The molecule has 1 amide bonds. The number of carbonyl (C=O) groups excluding carboxylic acids is 1. The van der Waals surface area contributed by atoms with E-state index in [9.17, 15) is 14.0 Å². The van der Waals surface area contributed by atoms with Gasteiger partial charge in [0.2, 0.25) is 0 Å². The van der Waals surface area contributed by atoms with Gasteiger partial charge in [0.25, 0.3) is 5.91 Å². The van der Waals surface area contributed by atoms with Crippen molar-refractivity contribution in [3.63, 3.8) is 0 Å². The maximum absolute atomic E-state index is 14.6. The highest BCUT2D eigenvalue weighted by atomic mass is 35.5. The van der Waals surface area contributed by atoms with Gasteiger partial charge in [0, 0.05) is 16.8 Å². The van der Waals surface area contributed by atoms with Crippen LogP contribution in [0.3, 0.4) is 0 Å². The van der Waals surface area contributed by atoms with Crippen LogP contribution in [0.5, 0.6) is 0 Å². The van der Waals surface area contributed by atoms with Crippen LogP contribution in [-0.4, -0.2) is 23.0 Å². The van der Waals surface area contributed by atoms with Gasteiger partial charge in [-0.1, -0.05) is 41.9 Å². The van der Waals surface area contributed by atoms with Crippen LogP contribution in [0.25, 0.3) is 11.1 Å². The molecule has 3 rings (SSSR count). The molecule has 0 bridgehead atoms. The molecule has 0 fully saturated rings. The molecule has 0 saturated carbocycles. The molecule has 0 aromatic heterocycles. The summed E-state index contributed by atoms with van der Waals surface area (Å²) in [4.78, 5) is 23.1. The van der Waals surface area contributed by atoms with Crippen LogP contribution >= 0.6 is 11.6 Å². The van der Waals surface area contributed by atoms with Crippen LogP contribution in [0.1, 0.15) is 46.9 Å². The average molecular weight is 469 g/mol. The van der Waals surface area contributed by atoms with Crippen LogP contribution in [0.4, 0.5) is 10.1 Å². The van der Waals surface area contributed by atoms with Crippen LogP contribution < -0.4 is 10.6 Å². The van der Waals surface area contributed by atoms with Crippen molar-refractivity contribution in [1.82, 2.24) is 5.32 Å². The average Bonchev–Trinajstić information content (AvgIpc) is 2.76. The first-order valence-electron chi connectivity index (χ1n) is 10.5. The van der Waals surface area contributed by atoms with Gasteiger partial charge >= 0.3 is 5.97 Å². The van der Waals surface area contributed by atoms with E-state index in [0.29, 0.717) is 5.56 Å². The number of nitrogens with one attached hydrogen (secondary N) is 2. The second kappa shape index (κ2) is 10.0. The fourth-order valence-corrected chi connectivity index (χ4v) is 3.68. The molecule has 0 aliphatic carbocycles. The second-order valence-corrected chi connectivity index (χ2v) is 8.52. The number of aryl methyl sites for hydroxylation is 2. The molecule has 0 radical (unpaired) electrons. The third kappa shape index (κ3) is 5.71. The summed E-state index contributed by atoms with van der Waals surface area (Å²) < 4.78 is 14.6. The summed E-state index contributed by atoms with van der Waals surface area (Å²) in [6.07, 6.45) is 0. The largest absolute Gasteiger partial charge is 0.480 e. The molecular formula is C26H26ClFN2O3. The summed E-state index contributed by atoms with van der Waals surface area (Å²) in [5, 5.41) is 15.4. The number of carbonyl (C=O) groups is 2. The van der Waals surface area contributed by atoms with E-state index in [2.05, 4.69) is 29.7 Å². The van der Waals surface area contributed by atoms with Gasteiger partial charge in [0.1, 0.15) is 11.9 Å². The fourth-order valence-electron chi connectivity index (χ4n) is 3.57. The molecule has 0 spiro atoms. The number of hydrogen-bond donors (Lipinski definition) is 3. The van der Waals surface area contributed by atoms with Crippen LogP contribution in [-0.2, 0) is 4.79 Å². The quantitative estimate of drug-likeness (QED) is 0.389. The third-order valence-electron chi connectivity index (χ3n) is 5.47. The Balaban J connectivity index is 1.80. The second-order valence-electron chi connectivity index (χ2n) is 8.14. The summed E-state index contributed by atoms with van der Waals surface area (Å²) in [6, 6.07) is 14.9. The molecule has 33 heavy (non-hydrogen) atoms. The summed E-state index contributed by atoms with van der Waals surface area (Å²) in [7, 11) is 0. The Morgan fingerprint density at radius 3 is 2.21 bits per heavy atom. The van der Waals surface area contributed by atoms with Crippen molar-refractivity contribution in [2.24, 2.45) is 0 Å². The minimum Gasteiger partial charge on any atom is -0.480 e. The topological polar surface area (TPSA) is 78.4 Å². The van der Waals surface area contributed by atoms with Gasteiger partial charge in [-0.15, -0.1) is 0 Å². The van der Waals surface area contributed by atoms with E-state index in [-0.39, 0.29) is 11.6 Å². The molecule has 0 aliphatic heterocycles. The van der Waals surface area contributed by atoms with Crippen molar-refractivity contribution in [2.45, 2.75) is 39.8 Å². The SMILES string of the molecule is Cc1cc(C(C)Nc2cccc(-c3ccc(C(=O)N[C@@H](C)C(=O)O)c(F)c3)c2)cc(C)c1Cl. The monoisotopic (exact) mass is 468 g/mol. The van der Waals surface area contributed by atoms with Crippen LogP contribution in [0.2, 0.25) is 5.02 Å². The van der Waals surface area contributed by atoms with Gasteiger partial charge in [0.15, 0.2) is 0 Å². The van der Waals surface area contributed by atoms with Crippen LogP contribution in [0, 0.1) is 19.7 Å². The standard InChI is InChI=1S/C26H26ClFN2O3/c1-14-10-20(11-15(2)24(14)27)16(3)29-21-7-5-6-18(12-21)19-8-9-22(23(28)13-19)25(31)30-17(4)26(32)33/h5-13,16-17,29H,1-4H3,(H,30,31)(H,32,33)/t16?,17-/m0/s1. The van der Waals surface area contributed by atoms with Gasteiger partial charge < -0.3 is 15.7 Å². The van der Waals surface area contributed by atoms with Gasteiger partial charge in [-0.2, -0.15) is 0 Å². The third-order valence-corrected chi connectivity index (χ3v) is 6.07. The van der Waals surface area contributed by atoms with Gasteiger partial charge in [-0.25, -0.2) is 4.39 Å². The van der Waals surface area contributed by atoms with Gasteiger partial charge in [-0.3, -0.25) is 9.59 Å². The van der Waals surface area contributed by atoms with Crippen LogP contribution in [0.15, 0.2) is 54.6 Å². The molecule has 1 unspecified atom stereocenters. The van der Waals surface area contributed by atoms with E-state index in [1.165, 1.54) is 19.1 Å². The number of aliphatic carboxylic acids is 1. The predicted molar refractivity (Wildman–Crippen MR) is 129 cm³/mol. The van der Waals surface area contributed by atoms with E-state index in [0.717, 1.165) is 33.0 Å². The first kappa shape index (κ1) is 24.3. The molecule has 3 N–H and O–H groups in total. The zero-order valence-electron chi connectivity index (χ0n) is 18.9. The van der Waals surface area contributed by atoms with E-state index in [1.807, 2.05) is 38.1 Å². The lowest BCUT2D eigenvalue weighted by Crippen LogP contribution is -2.38. The molecular weight excluding hydrogens is 443 g/mol. The normalized spacial score (nSPS) is 12.7. The molecule has 0 saturated heterocycles. The maximum atomic E-state index is 14.6. The summed E-state index contributed by atoms with van der Waals surface area (Å²) in [5.41, 5.74) is 5.19. The van der Waals surface area contributed by atoms with Crippen molar-refractivity contribution in [3.8, 4) is 11.1 Å². The minimum absolute atomic E-state index is 0.0222. The Kier molecular flexibility index (Phi) is 7.39. The molecule has 0 heterocycles. The number of halogens is 2. The number of carboxylic acid groups (broad SMARTS) is 1. The highest BCUT2D eigenvalue weighted by Crippen LogP contribution is 2.29. The Bertz CT molecular complexity index is 1190. The van der Waals surface area contributed by atoms with Crippen molar-refractivity contribution < 1.29 is 19.1 Å². The summed E-state index contributed by atoms with van der Waals surface area (Å²) in [5.74, 6) is -2.68. The molecule has 3 aromatic carbocycles. The number of benzene rings is 3. The molecule has 3 aromatic rings. The zero-order valence-corrected chi connectivity index (χ0v) is 19.6. The Morgan fingerprint density at radius 2 is 1.61 bits per heavy atom. The Hall–Kier alpha value is -3.38. The molecule has 172 valence electrons. The Labute approximate surface area is 197 Å². The predicted octanol–water partition coefficient (Wildman–Crippen LogP) is 6.14. The smallest absolute Gasteiger partial charge is 0.325 e. The van der Waals surface area contributed by atoms with Crippen molar-refractivity contribution >= 4 is 29.2 Å². The number of anilines is 1. The molecule has 2 atom stereocenters. The molecule has 0 aliphatic rings. The van der Waals surface area contributed by atoms with E-state index in [1.54, 1.807) is 6.07 Å². The highest BCUT2D eigenvalue weighted by molar-refractivity contribution is 6.32. The highest BCUT2D eigenvalue weighted by Gasteiger charge is 2.18. The summed E-state index contributed by atoms with van der Waals surface area (Å²) in [6.45, 7) is 7.33. The number of rotatable bonds is 7. The van der Waals surface area contributed by atoms with Crippen molar-refractivity contribution in [3.05, 3.63) is 87.7 Å². The zero-order chi connectivity index (χ0) is 24.3. The number of carboxylic acids is 1. The number of hydrogen-bond acceptors (Lipinski definition) is 3. The lowest BCUT2D eigenvalue weighted by Gasteiger charge is -2.18. The van der Waals surface area contributed by atoms with E-state index in [4.69, 9.17) is 16.7 Å². The first-order valence-corrected chi connectivity index (χ1v) is 10.9. The molecule has 5 nitrogen and oxygen atoms in total. The van der Waals surface area contributed by atoms with E-state index >= 15 is 0 Å². The number of amides is 1. The van der Waals surface area contributed by atoms with Crippen molar-refractivity contribution in [2.75, 3.05) is 5.32 Å². The minimum atomic E-state index is -1.19. The fraction of sp³-hybridized carbons (Fsp3) is 0.231. The lowest BCUT2D eigenvalue weighted by molar-refractivity contribution is -0.138.